The molecule has 3 aromatic rings. The standard InChI is InChI=1S/C21H24N4O2S/c1-15-7-9-16(10-8-15)13-19-23-21(28-24-19)27-18-6-4-5-17(14-18)20(26)22-11-12-25(2)3/h4-10,14H,11-13H2,1-3H3,(H,22,26)/p+1. The molecule has 6 nitrogen and oxygen atoms in total. The summed E-state index contributed by atoms with van der Waals surface area (Å²) in [5.41, 5.74) is 2.95. The minimum atomic E-state index is -0.107. The Morgan fingerprint density at radius 3 is 2.71 bits per heavy atom. The average Bonchev–Trinajstić information content (AvgIpc) is 3.10. The van der Waals surface area contributed by atoms with E-state index < -0.39 is 0 Å². The van der Waals surface area contributed by atoms with E-state index in [4.69, 9.17) is 4.74 Å². The maximum absolute atomic E-state index is 12.3. The molecule has 0 spiro atoms. The Hall–Kier alpha value is -2.77. The van der Waals surface area contributed by atoms with Gasteiger partial charge in [-0.25, -0.2) is 0 Å². The Balaban J connectivity index is 1.60. The summed E-state index contributed by atoms with van der Waals surface area (Å²) in [5, 5.41) is 3.38. The van der Waals surface area contributed by atoms with Crippen LogP contribution in [0.5, 0.6) is 10.9 Å². The fourth-order valence-electron chi connectivity index (χ4n) is 2.57. The van der Waals surface area contributed by atoms with E-state index in [2.05, 4.69) is 60.0 Å². The first kappa shape index (κ1) is 20.0. The summed E-state index contributed by atoms with van der Waals surface area (Å²) in [7, 11) is 4.10. The molecular formula is C21H25N4O2S+. The second-order valence-corrected chi connectivity index (χ2v) is 7.70. The molecule has 0 aliphatic heterocycles. The third-order valence-corrected chi connectivity index (χ3v) is 4.78. The molecule has 0 aliphatic carbocycles. The second kappa shape index (κ2) is 9.43. The van der Waals surface area contributed by atoms with Gasteiger partial charge < -0.3 is 15.0 Å². The van der Waals surface area contributed by atoms with Gasteiger partial charge in [0.2, 0.25) is 0 Å². The van der Waals surface area contributed by atoms with Gasteiger partial charge in [-0.2, -0.15) is 9.36 Å². The summed E-state index contributed by atoms with van der Waals surface area (Å²) in [6.07, 6.45) is 0.663. The zero-order chi connectivity index (χ0) is 19.9. The molecule has 0 saturated heterocycles. The number of carbonyl (C=O) groups is 1. The quantitative estimate of drug-likeness (QED) is 0.611. The molecule has 3 rings (SSSR count). The number of amides is 1. The van der Waals surface area contributed by atoms with Crippen LogP contribution in [0.2, 0.25) is 0 Å². The van der Waals surface area contributed by atoms with E-state index in [1.54, 1.807) is 18.2 Å². The Bertz CT molecular complexity index is 922. The van der Waals surface area contributed by atoms with Crippen LogP contribution in [-0.2, 0) is 6.42 Å². The Morgan fingerprint density at radius 1 is 1.18 bits per heavy atom. The number of carbonyl (C=O) groups excluding carboxylic acids is 1. The van der Waals surface area contributed by atoms with Crippen LogP contribution < -0.4 is 15.0 Å². The minimum Gasteiger partial charge on any atom is -0.430 e. The van der Waals surface area contributed by atoms with Gasteiger partial charge in [0.1, 0.15) is 5.75 Å². The van der Waals surface area contributed by atoms with Gasteiger partial charge >= 0.3 is 0 Å². The molecule has 0 radical (unpaired) electrons. The highest BCUT2D eigenvalue weighted by Crippen LogP contribution is 2.24. The van der Waals surface area contributed by atoms with Crippen LogP contribution in [0.3, 0.4) is 0 Å². The SMILES string of the molecule is Cc1ccc(Cc2nsc(Oc3cccc(C(=O)NCC[NH+](C)C)c3)n2)cc1. The van der Waals surface area contributed by atoms with Crippen LogP contribution >= 0.6 is 11.5 Å². The van der Waals surface area contributed by atoms with Crippen molar-refractivity contribution in [3.8, 4) is 10.9 Å². The number of quaternary nitrogens is 1. The van der Waals surface area contributed by atoms with Crippen molar-refractivity contribution in [3.63, 3.8) is 0 Å². The number of nitrogens with zero attached hydrogens (tertiary/aromatic N) is 2. The fraction of sp³-hybridized carbons (Fsp3) is 0.286. The van der Waals surface area contributed by atoms with E-state index in [9.17, 15) is 4.79 Å². The van der Waals surface area contributed by atoms with Crippen molar-refractivity contribution in [2.24, 2.45) is 0 Å². The van der Waals surface area contributed by atoms with Crippen LogP contribution in [-0.4, -0.2) is 42.4 Å². The van der Waals surface area contributed by atoms with Gasteiger partial charge in [-0.1, -0.05) is 35.9 Å². The monoisotopic (exact) mass is 397 g/mol. The van der Waals surface area contributed by atoms with E-state index in [0.29, 0.717) is 29.5 Å². The van der Waals surface area contributed by atoms with E-state index in [0.717, 1.165) is 17.9 Å². The van der Waals surface area contributed by atoms with Crippen LogP contribution in [0, 0.1) is 6.92 Å². The molecule has 1 aromatic heterocycles. The van der Waals surface area contributed by atoms with Crippen molar-refractivity contribution in [3.05, 3.63) is 71.0 Å². The second-order valence-electron chi connectivity index (χ2n) is 6.98. The lowest BCUT2D eigenvalue weighted by atomic mass is 10.1. The first-order valence-corrected chi connectivity index (χ1v) is 10.0. The molecule has 1 amide bonds. The summed E-state index contributed by atoms with van der Waals surface area (Å²) in [5.74, 6) is 1.19. The Morgan fingerprint density at radius 2 is 1.96 bits per heavy atom. The van der Waals surface area contributed by atoms with E-state index >= 15 is 0 Å². The molecule has 2 aromatic carbocycles. The maximum Gasteiger partial charge on any atom is 0.298 e. The summed E-state index contributed by atoms with van der Waals surface area (Å²) in [4.78, 5) is 18.0. The van der Waals surface area contributed by atoms with Gasteiger partial charge in [0.05, 0.1) is 27.2 Å². The zero-order valence-electron chi connectivity index (χ0n) is 16.4. The van der Waals surface area contributed by atoms with E-state index in [-0.39, 0.29) is 5.91 Å². The molecule has 0 saturated carbocycles. The first-order valence-electron chi connectivity index (χ1n) is 9.23. The van der Waals surface area contributed by atoms with Crippen molar-refractivity contribution >= 4 is 17.4 Å². The minimum absolute atomic E-state index is 0.107. The fourth-order valence-corrected chi connectivity index (χ4v) is 3.14. The molecule has 2 N–H and O–H groups in total. The summed E-state index contributed by atoms with van der Waals surface area (Å²) in [6, 6.07) is 15.4. The van der Waals surface area contributed by atoms with Gasteiger partial charge in [0.15, 0.2) is 5.82 Å². The lowest BCUT2D eigenvalue weighted by Crippen LogP contribution is -3.06. The highest BCUT2D eigenvalue weighted by molar-refractivity contribution is 7.07. The third-order valence-electron chi connectivity index (χ3n) is 4.14. The Labute approximate surface area is 169 Å². The van der Waals surface area contributed by atoms with Crippen molar-refractivity contribution in [1.82, 2.24) is 14.7 Å². The number of rotatable bonds is 8. The van der Waals surface area contributed by atoms with Crippen LogP contribution in [0.25, 0.3) is 0 Å². The summed E-state index contributed by atoms with van der Waals surface area (Å²) >= 11 is 1.21. The number of hydrogen-bond acceptors (Lipinski definition) is 5. The molecule has 0 bridgehead atoms. The van der Waals surface area contributed by atoms with Gasteiger partial charge in [-0.3, -0.25) is 4.79 Å². The molecule has 7 heteroatoms. The molecule has 0 fully saturated rings. The lowest BCUT2D eigenvalue weighted by molar-refractivity contribution is -0.856. The maximum atomic E-state index is 12.3. The largest absolute Gasteiger partial charge is 0.430 e. The van der Waals surface area contributed by atoms with Crippen molar-refractivity contribution in [2.45, 2.75) is 13.3 Å². The first-order chi connectivity index (χ1) is 13.5. The molecule has 0 unspecified atom stereocenters. The molecule has 0 aliphatic rings. The molecular weight excluding hydrogens is 372 g/mol. The molecule has 0 atom stereocenters. The molecule has 28 heavy (non-hydrogen) atoms. The topological polar surface area (TPSA) is 68.5 Å². The lowest BCUT2D eigenvalue weighted by Gasteiger charge is -2.09. The average molecular weight is 398 g/mol. The van der Waals surface area contributed by atoms with Gasteiger partial charge in [-0.15, -0.1) is 0 Å². The molecule has 146 valence electrons. The predicted octanol–water partition coefficient (Wildman–Crippen LogP) is 2.10. The Kier molecular flexibility index (Phi) is 6.73. The summed E-state index contributed by atoms with van der Waals surface area (Å²) < 4.78 is 10.2. The van der Waals surface area contributed by atoms with E-state index in [1.807, 2.05) is 6.07 Å². The van der Waals surface area contributed by atoms with Crippen molar-refractivity contribution in [1.29, 1.82) is 0 Å². The smallest absolute Gasteiger partial charge is 0.298 e. The number of hydrogen-bond donors (Lipinski definition) is 2. The number of nitrogens with one attached hydrogen (secondary N) is 2. The van der Waals surface area contributed by atoms with Crippen LogP contribution in [0.1, 0.15) is 27.3 Å². The van der Waals surface area contributed by atoms with Gasteiger partial charge in [0, 0.05) is 23.5 Å². The number of ether oxygens (including phenoxy) is 1. The normalized spacial score (nSPS) is 10.9. The zero-order valence-corrected chi connectivity index (χ0v) is 17.2. The van der Waals surface area contributed by atoms with Crippen LogP contribution in [0.15, 0.2) is 48.5 Å². The number of likely N-dealkylation sites (N-methyl/N-ethyl adjacent to an activating group) is 1. The molecule has 1 heterocycles. The van der Waals surface area contributed by atoms with E-state index in [1.165, 1.54) is 22.0 Å². The number of aromatic nitrogens is 2. The van der Waals surface area contributed by atoms with Gasteiger partial charge in [-0.05, 0) is 30.7 Å². The van der Waals surface area contributed by atoms with Gasteiger partial charge in [0.25, 0.3) is 11.1 Å². The summed E-state index contributed by atoms with van der Waals surface area (Å²) in [6.45, 7) is 3.57. The van der Waals surface area contributed by atoms with Crippen molar-refractivity contribution in [2.75, 3.05) is 27.2 Å². The van der Waals surface area contributed by atoms with Crippen molar-refractivity contribution < 1.29 is 14.4 Å². The van der Waals surface area contributed by atoms with Crippen LogP contribution in [0.4, 0.5) is 0 Å². The third kappa shape index (κ3) is 5.87. The number of benzene rings is 2. The predicted molar refractivity (Wildman–Crippen MR) is 110 cm³/mol. The number of aryl methyl sites for hydroxylation is 1. The highest BCUT2D eigenvalue weighted by Gasteiger charge is 2.10. The highest BCUT2D eigenvalue weighted by atomic mass is 32.1.